The first-order chi connectivity index (χ1) is 12.8. The molecule has 0 saturated carbocycles. The van der Waals surface area contributed by atoms with Crippen LogP contribution in [-0.2, 0) is 10.0 Å². The lowest BCUT2D eigenvalue weighted by Gasteiger charge is -2.36. The van der Waals surface area contributed by atoms with Crippen LogP contribution in [0.5, 0.6) is 0 Å². The fourth-order valence-electron chi connectivity index (χ4n) is 3.03. The third-order valence-electron chi connectivity index (χ3n) is 4.63. The minimum Gasteiger partial charge on any atom is -0.368 e. The summed E-state index contributed by atoms with van der Waals surface area (Å²) in [5.74, 6) is 0. The predicted molar refractivity (Wildman–Crippen MR) is 107 cm³/mol. The molecule has 2 amide bonds. The second-order valence-corrected chi connectivity index (χ2v) is 8.75. The van der Waals surface area contributed by atoms with E-state index < -0.39 is 16.1 Å². The number of nitrogens with one attached hydrogen (secondary N) is 1. The summed E-state index contributed by atoms with van der Waals surface area (Å²) < 4.78 is 26.9. The van der Waals surface area contributed by atoms with E-state index in [0.29, 0.717) is 31.2 Å². The number of amides is 2. The van der Waals surface area contributed by atoms with Gasteiger partial charge in [-0.2, -0.15) is 0 Å². The summed E-state index contributed by atoms with van der Waals surface area (Å²) >= 11 is 6.09. The number of sulfonamides is 1. The van der Waals surface area contributed by atoms with E-state index in [1.54, 1.807) is 12.1 Å². The Morgan fingerprint density at radius 2 is 1.63 bits per heavy atom. The number of rotatable bonds is 3. The summed E-state index contributed by atoms with van der Waals surface area (Å²) in [7, 11) is -3.88. The molecule has 1 heterocycles. The molecule has 0 aromatic heterocycles. The van der Waals surface area contributed by atoms with Crippen LogP contribution in [0.2, 0.25) is 5.02 Å². The van der Waals surface area contributed by atoms with Crippen LogP contribution < -0.4 is 9.62 Å². The maximum atomic E-state index is 12.4. The fourth-order valence-corrected chi connectivity index (χ4v) is 4.17. The highest BCUT2D eigenvalue weighted by atomic mass is 35.5. The van der Waals surface area contributed by atoms with Crippen LogP contribution in [0.15, 0.2) is 47.4 Å². The molecule has 3 rings (SSSR count). The van der Waals surface area contributed by atoms with Gasteiger partial charge in [0.25, 0.3) is 10.0 Å². The van der Waals surface area contributed by atoms with Crippen molar-refractivity contribution >= 4 is 33.3 Å². The van der Waals surface area contributed by atoms with Crippen molar-refractivity contribution < 1.29 is 13.2 Å². The van der Waals surface area contributed by atoms with Crippen molar-refractivity contribution in [3.8, 4) is 0 Å². The Labute approximate surface area is 164 Å². The van der Waals surface area contributed by atoms with Gasteiger partial charge < -0.3 is 9.80 Å². The van der Waals surface area contributed by atoms with E-state index >= 15 is 0 Å². The van der Waals surface area contributed by atoms with E-state index in [1.165, 1.54) is 17.0 Å². The van der Waals surface area contributed by atoms with Crippen molar-refractivity contribution in [2.75, 3.05) is 31.1 Å². The third kappa shape index (κ3) is 4.54. The quantitative estimate of drug-likeness (QED) is 0.848. The molecule has 0 radical (unpaired) electrons. The van der Waals surface area contributed by atoms with Gasteiger partial charge in [0, 0.05) is 36.9 Å². The second kappa shape index (κ2) is 7.78. The standard InChI is InChI=1S/C19H22ClN3O3S/c1-14-3-7-17(8-4-14)27(25,26)21-19(24)23-11-9-22(10-12-23)18-13-16(20)6-5-15(18)2/h3-8,13H,9-12H2,1-2H3,(H,21,24). The number of piperazine rings is 1. The monoisotopic (exact) mass is 407 g/mol. The molecule has 1 N–H and O–H groups in total. The molecule has 6 nitrogen and oxygen atoms in total. The minimum atomic E-state index is -3.88. The SMILES string of the molecule is Cc1ccc(S(=O)(=O)NC(=O)N2CCN(c3cc(Cl)ccc3C)CC2)cc1. The Hall–Kier alpha value is -2.25. The molecule has 144 valence electrons. The summed E-state index contributed by atoms with van der Waals surface area (Å²) in [5, 5.41) is 0.667. The van der Waals surface area contributed by atoms with Crippen LogP contribution in [-0.4, -0.2) is 45.5 Å². The van der Waals surface area contributed by atoms with Crippen LogP contribution in [0.1, 0.15) is 11.1 Å². The molecule has 1 aliphatic heterocycles. The van der Waals surface area contributed by atoms with E-state index in [-0.39, 0.29) is 4.90 Å². The first kappa shape index (κ1) is 19.5. The Morgan fingerprint density at radius 1 is 1.00 bits per heavy atom. The van der Waals surface area contributed by atoms with Gasteiger partial charge in [-0.3, -0.25) is 0 Å². The smallest absolute Gasteiger partial charge is 0.331 e. The Morgan fingerprint density at radius 3 is 2.26 bits per heavy atom. The highest BCUT2D eigenvalue weighted by Gasteiger charge is 2.26. The van der Waals surface area contributed by atoms with E-state index in [9.17, 15) is 13.2 Å². The highest BCUT2D eigenvalue weighted by Crippen LogP contribution is 2.25. The topological polar surface area (TPSA) is 69.7 Å². The molecule has 0 atom stereocenters. The highest BCUT2D eigenvalue weighted by molar-refractivity contribution is 7.90. The molecule has 1 fully saturated rings. The molecule has 8 heteroatoms. The van der Waals surface area contributed by atoms with Crippen molar-refractivity contribution in [1.29, 1.82) is 0 Å². The number of hydrogen-bond donors (Lipinski definition) is 1. The van der Waals surface area contributed by atoms with E-state index in [2.05, 4.69) is 9.62 Å². The number of carbonyl (C=O) groups excluding carboxylic acids is 1. The first-order valence-electron chi connectivity index (χ1n) is 8.66. The van der Waals surface area contributed by atoms with Crippen molar-refractivity contribution in [3.05, 3.63) is 58.6 Å². The number of nitrogens with zero attached hydrogens (tertiary/aromatic N) is 2. The number of halogens is 1. The average molecular weight is 408 g/mol. The van der Waals surface area contributed by atoms with Crippen molar-refractivity contribution in [1.82, 2.24) is 9.62 Å². The molecule has 2 aromatic rings. The summed E-state index contributed by atoms with van der Waals surface area (Å²) in [6.45, 7) is 5.97. The van der Waals surface area contributed by atoms with Crippen molar-refractivity contribution in [3.63, 3.8) is 0 Å². The molecule has 2 aromatic carbocycles. The maximum absolute atomic E-state index is 12.4. The van der Waals surface area contributed by atoms with Gasteiger partial charge >= 0.3 is 6.03 Å². The van der Waals surface area contributed by atoms with Crippen LogP contribution in [0.3, 0.4) is 0 Å². The lowest BCUT2D eigenvalue weighted by Crippen LogP contribution is -2.52. The minimum absolute atomic E-state index is 0.0784. The maximum Gasteiger partial charge on any atom is 0.331 e. The average Bonchev–Trinajstić information content (AvgIpc) is 2.64. The van der Waals surface area contributed by atoms with Crippen molar-refractivity contribution in [2.24, 2.45) is 0 Å². The first-order valence-corrected chi connectivity index (χ1v) is 10.5. The van der Waals surface area contributed by atoms with Gasteiger partial charge in [0.15, 0.2) is 0 Å². The van der Waals surface area contributed by atoms with Crippen LogP contribution >= 0.6 is 11.6 Å². The predicted octanol–water partition coefficient (Wildman–Crippen LogP) is 3.18. The fraction of sp³-hybridized carbons (Fsp3) is 0.316. The van der Waals surface area contributed by atoms with Gasteiger partial charge in [-0.05, 0) is 43.7 Å². The normalized spacial score (nSPS) is 14.9. The van der Waals surface area contributed by atoms with Gasteiger partial charge in [0.1, 0.15) is 0 Å². The lowest BCUT2D eigenvalue weighted by atomic mass is 10.1. The molecular formula is C19H22ClN3O3S. The van der Waals surface area contributed by atoms with Crippen LogP contribution in [0, 0.1) is 13.8 Å². The zero-order valence-corrected chi connectivity index (χ0v) is 16.8. The Bertz CT molecular complexity index is 937. The number of aryl methyl sites for hydroxylation is 2. The zero-order chi connectivity index (χ0) is 19.6. The Balaban J connectivity index is 1.63. The van der Waals surface area contributed by atoms with Gasteiger partial charge in [0.05, 0.1) is 4.90 Å². The largest absolute Gasteiger partial charge is 0.368 e. The summed E-state index contributed by atoms with van der Waals surface area (Å²) in [4.78, 5) is 16.2. The second-order valence-electron chi connectivity index (χ2n) is 6.63. The van der Waals surface area contributed by atoms with Gasteiger partial charge in [-0.15, -0.1) is 0 Å². The van der Waals surface area contributed by atoms with Crippen LogP contribution in [0.4, 0.5) is 10.5 Å². The van der Waals surface area contributed by atoms with Gasteiger partial charge in [-0.1, -0.05) is 35.4 Å². The number of hydrogen-bond acceptors (Lipinski definition) is 4. The van der Waals surface area contributed by atoms with Crippen LogP contribution in [0.25, 0.3) is 0 Å². The lowest BCUT2D eigenvalue weighted by molar-refractivity contribution is 0.200. The van der Waals surface area contributed by atoms with E-state index in [0.717, 1.165) is 16.8 Å². The molecule has 1 aliphatic rings. The summed E-state index contributed by atoms with van der Waals surface area (Å²) in [6, 6.07) is 11.5. The number of anilines is 1. The summed E-state index contributed by atoms with van der Waals surface area (Å²) in [5.41, 5.74) is 3.10. The molecule has 27 heavy (non-hydrogen) atoms. The molecule has 0 aliphatic carbocycles. The molecular weight excluding hydrogens is 386 g/mol. The Kier molecular flexibility index (Phi) is 5.62. The zero-order valence-electron chi connectivity index (χ0n) is 15.3. The number of carbonyl (C=O) groups is 1. The van der Waals surface area contributed by atoms with E-state index in [4.69, 9.17) is 11.6 Å². The van der Waals surface area contributed by atoms with Crippen molar-refractivity contribution in [2.45, 2.75) is 18.7 Å². The molecule has 1 saturated heterocycles. The third-order valence-corrected chi connectivity index (χ3v) is 6.20. The van der Waals surface area contributed by atoms with Gasteiger partial charge in [-0.25, -0.2) is 17.9 Å². The number of urea groups is 1. The van der Waals surface area contributed by atoms with Gasteiger partial charge in [0.2, 0.25) is 0 Å². The molecule has 0 bridgehead atoms. The molecule has 0 unspecified atom stereocenters. The van der Waals surface area contributed by atoms with E-state index in [1.807, 2.05) is 32.0 Å². The summed E-state index contributed by atoms with van der Waals surface area (Å²) in [6.07, 6.45) is 0. The molecule has 0 spiro atoms. The number of benzene rings is 2.